The monoisotopic (exact) mass is 378 g/mol. The highest BCUT2D eigenvalue weighted by Crippen LogP contribution is 2.38. The van der Waals surface area contributed by atoms with Crippen LogP contribution in [0, 0.1) is 5.92 Å². The van der Waals surface area contributed by atoms with Gasteiger partial charge in [-0.15, -0.1) is 17.9 Å². The van der Waals surface area contributed by atoms with E-state index in [1.807, 2.05) is 0 Å². The van der Waals surface area contributed by atoms with Crippen molar-refractivity contribution in [1.29, 1.82) is 0 Å². The molecule has 0 N–H and O–H groups in total. The molecule has 0 aliphatic carbocycles. The summed E-state index contributed by atoms with van der Waals surface area (Å²) >= 11 is 3.27. The molecular weight excluding hydrogens is 352 g/mol. The van der Waals surface area contributed by atoms with Gasteiger partial charge < -0.3 is 4.74 Å². The number of ether oxygens (including phenoxy) is 1. The average molecular weight is 379 g/mol. The van der Waals surface area contributed by atoms with Crippen LogP contribution in [0.4, 0.5) is 0 Å². The summed E-state index contributed by atoms with van der Waals surface area (Å²) in [4.78, 5) is 20.1. The maximum absolute atomic E-state index is 13.2. The number of thioether (sulfide) groups is 1. The van der Waals surface area contributed by atoms with E-state index in [-0.39, 0.29) is 11.2 Å². The number of rotatable bonds is 6. The fourth-order valence-electron chi connectivity index (χ4n) is 3.00. The molecule has 0 bridgehead atoms. The Labute approximate surface area is 157 Å². The second-order valence-electron chi connectivity index (χ2n) is 7.26. The highest BCUT2D eigenvalue weighted by Gasteiger charge is 2.33. The molecule has 0 saturated heterocycles. The molecule has 0 saturated carbocycles. The summed E-state index contributed by atoms with van der Waals surface area (Å²) in [6.45, 7) is 13.5. The van der Waals surface area contributed by atoms with Crippen LogP contribution in [-0.2, 0) is 24.3 Å². The van der Waals surface area contributed by atoms with E-state index in [4.69, 9.17) is 9.72 Å². The van der Waals surface area contributed by atoms with Crippen LogP contribution in [0.2, 0.25) is 0 Å². The largest absolute Gasteiger partial charge is 0.369 e. The normalized spacial score (nSPS) is 20.2. The minimum atomic E-state index is -0.193. The number of allylic oxidation sites excluding steroid dienone is 1. The molecule has 3 heterocycles. The van der Waals surface area contributed by atoms with E-state index in [2.05, 4.69) is 34.3 Å². The van der Waals surface area contributed by atoms with Crippen molar-refractivity contribution in [3.05, 3.63) is 33.4 Å². The fraction of sp³-hybridized carbons (Fsp3) is 0.579. The summed E-state index contributed by atoms with van der Waals surface area (Å²) in [6, 6.07) is 0. The Morgan fingerprint density at radius 2 is 2.28 bits per heavy atom. The molecule has 0 radical (unpaired) electrons. The maximum atomic E-state index is 13.2. The molecule has 0 spiro atoms. The molecule has 136 valence electrons. The number of fused-ring (bicyclic) bond motifs is 3. The molecule has 0 amide bonds. The summed E-state index contributed by atoms with van der Waals surface area (Å²) < 4.78 is 7.82. The Morgan fingerprint density at radius 1 is 1.52 bits per heavy atom. The number of hydrogen-bond donors (Lipinski definition) is 0. The lowest BCUT2D eigenvalue weighted by molar-refractivity contribution is -0.0543. The molecule has 1 atom stereocenters. The average Bonchev–Trinajstić information content (AvgIpc) is 2.93. The van der Waals surface area contributed by atoms with Gasteiger partial charge in [0.15, 0.2) is 5.16 Å². The van der Waals surface area contributed by atoms with Gasteiger partial charge in [-0.25, -0.2) is 4.98 Å². The Bertz CT molecular complexity index is 853. The summed E-state index contributed by atoms with van der Waals surface area (Å²) in [7, 11) is 0. The zero-order chi connectivity index (χ0) is 18.2. The molecule has 2 aromatic rings. The quantitative estimate of drug-likeness (QED) is 0.417. The van der Waals surface area contributed by atoms with Crippen molar-refractivity contribution in [3.8, 4) is 0 Å². The third-order valence-electron chi connectivity index (χ3n) is 4.67. The van der Waals surface area contributed by atoms with Crippen molar-refractivity contribution in [2.75, 3.05) is 5.75 Å². The van der Waals surface area contributed by atoms with Crippen molar-refractivity contribution in [2.45, 2.75) is 64.4 Å². The third-order valence-corrected chi connectivity index (χ3v) is 7.17. The predicted molar refractivity (Wildman–Crippen MR) is 107 cm³/mol. The molecular formula is C19H26N2O2S2. The fourth-order valence-corrected chi connectivity index (χ4v) is 5.11. The highest BCUT2D eigenvalue weighted by atomic mass is 32.2. The van der Waals surface area contributed by atoms with Crippen LogP contribution in [0.5, 0.6) is 0 Å². The summed E-state index contributed by atoms with van der Waals surface area (Å²) in [5, 5.41) is 1.59. The van der Waals surface area contributed by atoms with Gasteiger partial charge in [-0.05, 0) is 24.8 Å². The van der Waals surface area contributed by atoms with Crippen LogP contribution in [0.25, 0.3) is 10.2 Å². The first-order valence-corrected chi connectivity index (χ1v) is 10.6. The van der Waals surface area contributed by atoms with E-state index in [9.17, 15) is 4.79 Å². The molecule has 6 heteroatoms. The van der Waals surface area contributed by atoms with E-state index in [1.165, 1.54) is 0 Å². The first kappa shape index (κ1) is 18.7. The minimum Gasteiger partial charge on any atom is -0.369 e. The van der Waals surface area contributed by atoms with Crippen molar-refractivity contribution in [1.82, 2.24) is 9.55 Å². The molecule has 0 fully saturated rings. The first-order valence-electron chi connectivity index (χ1n) is 8.81. The van der Waals surface area contributed by atoms with E-state index in [0.29, 0.717) is 19.1 Å². The molecule has 1 unspecified atom stereocenters. The van der Waals surface area contributed by atoms with Crippen molar-refractivity contribution in [2.24, 2.45) is 5.92 Å². The molecule has 0 aromatic carbocycles. The number of aromatic nitrogens is 2. The number of thiophene rings is 1. The second kappa shape index (κ2) is 7.25. The van der Waals surface area contributed by atoms with Gasteiger partial charge in [0.2, 0.25) is 0 Å². The van der Waals surface area contributed by atoms with Crippen LogP contribution < -0.4 is 5.56 Å². The number of hydrogen-bond acceptors (Lipinski definition) is 5. The second-order valence-corrected chi connectivity index (χ2v) is 9.33. The lowest BCUT2D eigenvalue weighted by Crippen LogP contribution is -2.34. The zero-order valence-corrected chi connectivity index (χ0v) is 17.1. The minimum absolute atomic E-state index is 0.0639. The Hall–Kier alpha value is -1.11. The van der Waals surface area contributed by atoms with Gasteiger partial charge in [-0.3, -0.25) is 9.36 Å². The summed E-state index contributed by atoms with van der Waals surface area (Å²) in [5.74, 6) is 1.49. The van der Waals surface area contributed by atoms with Crippen LogP contribution >= 0.6 is 23.1 Å². The molecule has 1 aliphatic heterocycles. The molecule has 25 heavy (non-hydrogen) atoms. The van der Waals surface area contributed by atoms with Gasteiger partial charge in [0.25, 0.3) is 5.56 Å². The van der Waals surface area contributed by atoms with Crippen LogP contribution in [-0.4, -0.2) is 20.9 Å². The summed E-state index contributed by atoms with van der Waals surface area (Å²) in [5.41, 5.74) is 1.02. The number of nitrogens with zero attached hydrogens (tertiary/aromatic N) is 2. The Kier molecular flexibility index (Phi) is 5.42. The van der Waals surface area contributed by atoms with Crippen LogP contribution in [0.1, 0.15) is 44.6 Å². The molecule has 2 aromatic heterocycles. The lowest BCUT2D eigenvalue weighted by Gasteiger charge is -2.32. The van der Waals surface area contributed by atoms with E-state index >= 15 is 0 Å². The molecule has 3 rings (SSSR count). The van der Waals surface area contributed by atoms with Gasteiger partial charge in [0, 0.05) is 23.6 Å². The van der Waals surface area contributed by atoms with E-state index < -0.39 is 0 Å². The van der Waals surface area contributed by atoms with Crippen molar-refractivity contribution < 1.29 is 4.74 Å². The van der Waals surface area contributed by atoms with E-state index in [0.717, 1.165) is 44.4 Å². The van der Waals surface area contributed by atoms with Gasteiger partial charge >= 0.3 is 0 Å². The topological polar surface area (TPSA) is 44.1 Å². The van der Waals surface area contributed by atoms with Crippen molar-refractivity contribution in [3.63, 3.8) is 0 Å². The maximum Gasteiger partial charge on any atom is 0.263 e. The standard InChI is InChI=1S/C19H26N2O2S2/c1-6-8-21-17(22)15-13-9-19(5,7-2)23-10-14(13)25-16(15)20-18(21)24-11-12(3)4/h6,12H,1,7-11H2,2-5H3. The smallest absolute Gasteiger partial charge is 0.263 e. The van der Waals surface area contributed by atoms with Gasteiger partial charge in [0.1, 0.15) is 4.83 Å². The van der Waals surface area contributed by atoms with Gasteiger partial charge in [-0.1, -0.05) is 38.6 Å². The Morgan fingerprint density at radius 3 is 2.92 bits per heavy atom. The SMILES string of the molecule is C=CCn1c(SCC(C)C)nc2sc3c(c2c1=O)CC(C)(CC)OC3. The van der Waals surface area contributed by atoms with Crippen LogP contribution in [0.3, 0.4) is 0 Å². The zero-order valence-electron chi connectivity index (χ0n) is 15.4. The van der Waals surface area contributed by atoms with Crippen molar-refractivity contribution >= 4 is 33.3 Å². The first-order chi connectivity index (χ1) is 11.9. The lowest BCUT2D eigenvalue weighted by atomic mass is 9.90. The molecule has 4 nitrogen and oxygen atoms in total. The predicted octanol–water partition coefficient (Wildman–Crippen LogP) is 4.63. The summed E-state index contributed by atoms with van der Waals surface area (Å²) in [6.07, 6.45) is 3.48. The Balaban J connectivity index is 2.15. The van der Waals surface area contributed by atoms with Crippen LogP contribution in [0.15, 0.2) is 22.6 Å². The third kappa shape index (κ3) is 3.57. The molecule has 1 aliphatic rings. The van der Waals surface area contributed by atoms with Gasteiger partial charge in [-0.2, -0.15) is 0 Å². The van der Waals surface area contributed by atoms with E-state index in [1.54, 1.807) is 33.7 Å². The van der Waals surface area contributed by atoms with Gasteiger partial charge in [0.05, 0.1) is 17.6 Å². The highest BCUT2D eigenvalue weighted by molar-refractivity contribution is 7.99.